The molecule has 0 aromatic carbocycles. The molecule has 2 fully saturated rings. The predicted octanol–water partition coefficient (Wildman–Crippen LogP) is 0.478. The van der Waals surface area contributed by atoms with E-state index in [0.29, 0.717) is 47.7 Å². The van der Waals surface area contributed by atoms with E-state index in [9.17, 15) is 9.59 Å². The first kappa shape index (κ1) is 17.0. The Balaban J connectivity index is 1.77. The maximum Gasteiger partial charge on any atom is 0.254 e. The van der Waals surface area contributed by atoms with Gasteiger partial charge in [-0.15, -0.1) is 0 Å². The van der Waals surface area contributed by atoms with Gasteiger partial charge in [0.1, 0.15) is 0 Å². The van der Waals surface area contributed by atoms with Crippen LogP contribution in [0.4, 0.5) is 11.9 Å². The number of carbonyl (C=O) groups is 2. The minimum absolute atomic E-state index is 0.0450. The zero-order valence-corrected chi connectivity index (χ0v) is 14.8. The van der Waals surface area contributed by atoms with Crippen molar-refractivity contribution in [1.29, 1.82) is 5.26 Å². The molecule has 4 rings (SSSR count). The van der Waals surface area contributed by atoms with Crippen molar-refractivity contribution in [3.63, 3.8) is 0 Å². The highest BCUT2D eigenvalue weighted by molar-refractivity contribution is 6.15. The molecule has 0 atom stereocenters. The van der Waals surface area contributed by atoms with Crippen molar-refractivity contribution in [3.8, 4) is 6.07 Å². The fourth-order valence-corrected chi connectivity index (χ4v) is 2.79. The molecule has 2 aliphatic rings. The second-order valence-electron chi connectivity index (χ2n) is 6.65. The molecule has 10 nitrogen and oxygen atoms in total. The number of fused-ring (bicyclic) bond motifs is 1. The Bertz CT molecular complexity index is 998. The van der Waals surface area contributed by atoms with E-state index in [1.54, 1.807) is 21.7 Å². The SMILES string of the molecule is CN(CCC#N)c1nc(NC2CC2)n2ncc(/C=C3\CC(=O)NC3=O)c2n1. The Morgan fingerprint density at radius 1 is 1.44 bits per heavy atom. The minimum atomic E-state index is -0.393. The molecule has 138 valence electrons. The van der Waals surface area contributed by atoms with Crippen LogP contribution in [-0.4, -0.2) is 51.0 Å². The number of hydrogen-bond donors (Lipinski definition) is 2. The van der Waals surface area contributed by atoms with Crippen molar-refractivity contribution in [2.24, 2.45) is 0 Å². The molecule has 2 N–H and O–H groups in total. The number of nitrogens with one attached hydrogen (secondary N) is 2. The minimum Gasteiger partial charge on any atom is -0.351 e. The van der Waals surface area contributed by atoms with E-state index >= 15 is 0 Å². The lowest BCUT2D eigenvalue weighted by atomic mass is 10.1. The number of carbonyl (C=O) groups excluding carboxylic acids is 2. The van der Waals surface area contributed by atoms with Gasteiger partial charge in [-0.1, -0.05) is 0 Å². The van der Waals surface area contributed by atoms with E-state index in [2.05, 4.69) is 31.8 Å². The fourth-order valence-electron chi connectivity index (χ4n) is 2.79. The van der Waals surface area contributed by atoms with Crippen LogP contribution in [0, 0.1) is 11.3 Å². The van der Waals surface area contributed by atoms with Crippen LogP contribution in [0.2, 0.25) is 0 Å². The first-order valence-corrected chi connectivity index (χ1v) is 8.70. The summed E-state index contributed by atoms with van der Waals surface area (Å²) in [7, 11) is 1.82. The van der Waals surface area contributed by atoms with Crippen LogP contribution >= 0.6 is 0 Å². The molecule has 10 heteroatoms. The highest BCUT2D eigenvalue weighted by Crippen LogP contribution is 2.26. The molecule has 27 heavy (non-hydrogen) atoms. The van der Waals surface area contributed by atoms with Crippen LogP contribution in [0.3, 0.4) is 0 Å². The van der Waals surface area contributed by atoms with Gasteiger partial charge < -0.3 is 10.2 Å². The number of anilines is 2. The monoisotopic (exact) mass is 366 g/mol. The second-order valence-corrected chi connectivity index (χ2v) is 6.65. The molecule has 0 spiro atoms. The van der Waals surface area contributed by atoms with Gasteiger partial charge in [0.05, 0.1) is 25.1 Å². The first-order valence-electron chi connectivity index (χ1n) is 8.70. The van der Waals surface area contributed by atoms with Crippen molar-refractivity contribution in [3.05, 3.63) is 17.3 Å². The molecule has 0 unspecified atom stereocenters. The summed E-state index contributed by atoms with van der Waals surface area (Å²) in [4.78, 5) is 34.2. The van der Waals surface area contributed by atoms with Gasteiger partial charge in [-0.05, 0) is 18.9 Å². The van der Waals surface area contributed by atoms with Crippen LogP contribution in [0.5, 0.6) is 0 Å². The number of nitrogens with zero attached hydrogens (tertiary/aromatic N) is 6. The van der Waals surface area contributed by atoms with Gasteiger partial charge in [0.15, 0.2) is 5.65 Å². The molecule has 1 aliphatic heterocycles. The number of nitriles is 1. The van der Waals surface area contributed by atoms with Crippen LogP contribution < -0.4 is 15.5 Å². The predicted molar refractivity (Wildman–Crippen MR) is 96.7 cm³/mol. The van der Waals surface area contributed by atoms with Gasteiger partial charge in [0.2, 0.25) is 17.8 Å². The summed E-state index contributed by atoms with van der Waals surface area (Å²) in [5, 5.41) is 18.8. The van der Waals surface area contributed by atoms with E-state index in [1.807, 2.05) is 7.05 Å². The summed E-state index contributed by atoms with van der Waals surface area (Å²) in [6, 6.07) is 2.48. The van der Waals surface area contributed by atoms with Crippen LogP contribution in [0.25, 0.3) is 11.7 Å². The van der Waals surface area contributed by atoms with Crippen molar-refractivity contribution < 1.29 is 9.59 Å². The summed E-state index contributed by atoms with van der Waals surface area (Å²) in [6.45, 7) is 0.497. The molecule has 1 saturated heterocycles. The summed E-state index contributed by atoms with van der Waals surface area (Å²) >= 11 is 0. The zero-order valence-electron chi connectivity index (χ0n) is 14.8. The Hall–Kier alpha value is -3.48. The average molecular weight is 366 g/mol. The standard InChI is InChI=1S/C17H18N8O2/c1-24(6-2-5-18)16-22-14-11(7-10-8-13(26)21-15(10)27)9-19-25(14)17(23-16)20-12-3-4-12/h7,9,12H,2-4,6,8H2,1H3,(H,20,22,23)(H,21,26,27)/b10-7+. The largest absolute Gasteiger partial charge is 0.351 e. The fraction of sp³-hybridized carbons (Fsp3) is 0.412. The van der Waals surface area contributed by atoms with Gasteiger partial charge in [-0.3, -0.25) is 14.9 Å². The molecule has 2 aromatic rings. The number of amides is 2. The lowest BCUT2D eigenvalue weighted by Gasteiger charge is -2.17. The molecule has 3 heterocycles. The zero-order chi connectivity index (χ0) is 19.0. The quantitative estimate of drug-likeness (QED) is 0.558. The molecule has 0 radical (unpaired) electrons. The van der Waals surface area contributed by atoms with E-state index in [-0.39, 0.29) is 12.3 Å². The van der Waals surface area contributed by atoms with E-state index in [1.165, 1.54) is 0 Å². The van der Waals surface area contributed by atoms with Gasteiger partial charge in [0.25, 0.3) is 5.91 Å². The third-order valence-electron chi connectivity index (χ3n) is 4.42. The Morgan fingerprint density at radius 3 is 2.93 bits per heavy atom. The van der Waals surface area contributed by atoms with Crippen LogP contribution in [0.1, 0.15) is 31.2 Å². The van der Waals surface area contributed by atoms with E-state index in [4.69, 9.17) is 5.26 Å². The first-order chi connectivity index (χ1) is 13.0. The average Bonchev–Trinajstić information content (AvgIpc) is 3.28. The maximum atomic E-state index is 11.8. The maximum absolute atomic E-state index is 11.8. The smallest absolute Gasteiger partial charge is 0.254 e. The lowest BCUT2D eigenvalue weighted by molar-refractivity contribution is -0.124. The van der Waals surface area contributed by atoms with E-state index < -0.39 is 5.91 Å². The van der Waals surface area contributed by atoms with Crippen molar-refractivity contribution in [1.82, 2.24) is 24.9 Å². The Morgan fingerprint density at radius 2 is 2.26 bits per heavy atom. The summed E-state index contributed by atoms with van der Waals surface area (Å²) in [6.07, 6.45) is 5.79. The topological polar surface area (TPSA) is 128 Å². The van der Waals surface area contributed by atoms with Gasteiger partial charge in [-0.25, -0.2) is 0 Å². The molecule has 1 saturated carbocycles. The van der Waals surface area contributed by atoms with E-state index in [0.717, 1.165) is 12.8 Å². The van der Waals surface area contributed by atoms with Crippen LogP contribution in [-0.2, 0) is 9.59 Å². The Labute approximate surface area is 154 Å². The third-order valence-corrected chi connectivity index (χ3v) is 4.42. The molecule has 2 amide bonds. The number of imide groups is 1. The second kappa shape index (κ2) is 6.68. The number of hydrogen-bond acceptors (Lipinski definition) is 8. The molecular formula is C17H18N8O2. The number of rotatable bonds is 6. The summed E-state index contributed by atoms with van der Waals surface area (Å²) in [5.74, 6) is 0.326. The molecule has 1 aliphatic carbocycles. The van der Waals surface area contributed by atoms with Gasteiger partial charge in [-0.2, -0.15) is 24.8 Å². The third kappa shape index (κ3) is 3.44. The highest BCUT2D eigenvalue weighted by Gasteiger charge is 2.26. The van der Waals surface area contributed by atoms with Crippen molar-refractivity contribution >= 4 is 35.4 Å². The Kier molecular flexibility index (Phi) is 4.19. The highest BCUT2D eigenvalue weighted by atomic mass is 16.2. The van der Waals surface area contributed by atoms with Crippen LogP contribution in [0.15, 0.2) is 11.8 Å². The molecule has 2 aromatic heterocycles. The van der Waals surface area contributed by atoms with Gasteiger partial charge >= 0.3 is 0 Å². The normalized spacial score (nSPS) is 18.0. The lowest BCUT2D eigenvalue weighted by Crippen LogP contribution is -2.22. The van der Waals surface area contributed by atoms with Crippen molar-refractivity contribution in [2.75, 3.05) is 23.8 Å². The van der Waals surface area contributed by atoms with Gasteiger partial charge in [0, 0.05) is 30.8 Å². The number of aromatic nitrogens is 4. The summed E-state index contributed by atoms with van der Waals surface area (Å²) in [5.41, 5.74) is 1.54. The molecular weight excluding hydrogens is 348 g/mol. The van der Waals surface area contributed by atoms with Crippen molar-refractivity contribution in [2.45, 2.75) is 31.7 Å². The molecule has 0 bridgehead atoms. The summed E-state index contributed by atoms with van der Waals surface area (Å²) < 4.78 is 1.60.